The van der Waals surface area contributed by atoms with Crippen LogP contribution >= 0.6 is 12.6 Å². The van der Waals surface area contributed by atoms with E-state index >= 15 is 0 Å². The van der Waals surface area contributed by atoms with E-state index in [9.17, 15) is 51.9 Å². The van der Waals surface area contributed by atoms with Crippen LogP contribution in [-0.2, 0) is 40.5 Å². The number of aromatic nitrogens is 6. The monoisotopic (exact) mass is 984 g/mol. The zero-order valence-corrected chi connectivity index (χ0v) is 37.4. The largest absolute Gasteiger partial charge is 0.295 e. The summed E-state index contributed by atoms with van der Waals surface area (Å²) >= 11 is 4.42. The number of thiol groups is 1. The lowest BCUT2D eigenvalue weighted by Gasteiger charge is -2.09. The third-order valence-corrected chi connectivity index (χ3v) is 15.1. The van der Waals surface area contributed by atoms with Crippen molar-refractivity contribution in [3.05, 3.63) is 126 Å². The summed E-state index contributed by atoms with van der Waals surface area (Å²) in [5.41, 5.74) is 4.82. The third kappa shape index (κ3) is 6.62. The van der Waals surface area contributed by atoms with Crippen molar-refractivity contribution in [1.29, 1.82) is 0 Å². The summed E-state index contributed by atoms with van der Waals surface area (Å²) in [6, 6.07) is 27.5. The number of hydrogen-bond acceptors (Lipinski definition) is 11. The summed E-state index contributed by atoms with van der Waals surface area (Å²) in [4.78, 5) is 2.12. The van der Waals surface area contributed by atoms with Crippen LogP contribution in [0.1, 0.15) is 16.7 Å². The molecule has 0 saturated carbocycles. The first-order chi connectivity index (χ1) is 31.1. The summed E-state index contributed by atoms with van der Waals surface area (Å²) in [5, 5.41) is 10.5. The molecule has 0 atom stereocenters. The van der Waals surface area contributed by atoms with Crippen LogP contribution in [0.2, 0.25) is 0 Å². The molecular formula is C41H28N8O12S5. The van der Waals surface area contributed by atoms with Gasteiger partial charge in [-0.3, -0.25) is 18.2 Å². The predicted octanol–water partition coefficient (Wildman–Crippen LogP) is 7.63. The second kappa shape index (κ2) is 13.9. The van der Waals surface area contributed by atoms with E-state index in [4.69, 9.17) is 0 Å². The molecule has 334 valence electrons. The molecule has 0 unspecified atom stereocenters. The summed E-state index contributed by atoms with van der Waals surface area (Å²) in [6.45, 7) is 1.76. The van der Waals surface area contributed by atoms with Gasteiger partial charge in [0, 0.05) is 21.1 Å². The van der Waals surface area contributed by atoms with Gasteiger partial charge in [0.25, 0.3) is 40.5 Å². The molecule has 0 bridgehead atoms. The van der Waals surface area contributed by atoms with Crippen LogP contribution in [0.15, 0.2) is 144 Å². The van der Waals surface area contributed by atoms with Gasteiger partial charge >= 0.3 is 0 Å². The highest BCUT2D eigenvalue weighted by molar-refractivity contribution is 7.86. The molecule has 25 heteroatoms. The van der Waals surface area contributed by atoms with Gasteiger partial charge in [-0.05, 0) is 108 Å². The Morgan fingerprint density at radius 1 is 0.500 bits per heavy atom. The van der Waals surface area contributed by atoms with Crippen molar-refractivity contribution < 1.29 is 51.9 Å². The fourth-order valence-corrected chi connectivity index (χ4v) is 11.1. The maximum Gasteiger partial charge on any atom is 0.295 e. The van der Waals surface area contributed by atoms with E-state index in [0.717, 1.165) is 44.9 Å². The molecule has 11 rings (SSSR count). The molecule has 0 aliphatic carbocycles. The van der Waals surface area contributed by atoms with Crippen LogP contribution in [0.5, 0.6) is 0 Å². The topological polar surface area (TPSA) is 270 Å². The summed E-state index contributed by atoms with van der Waals surface area (Å²) in [5.74, 6) is 0. The molecule has 66 heavy (non-hydrogen) atoms. The average molecular weight is 985 g/mol. The molecule has 0 radical (unpaired) electrons. The second-order valence-electron chi connectivity index (χ2n) is 15.4. The highest BCUT2D eigenvalue weighted by Crippen LogP contribution is 2.39. The molecule has 0 amide bonds. The van der Waals surface area contributed by atoms with Crippen LogP contribution in [0.25, 0.3) is 67.1 Å². The molecule has 0 spiro atoms. The molecule has 7 aromatic carbocycles. The fraction of sp³-hybridized carbons (Fsp3) is 0.0244. The van der Waals surface area contributed by atoms with Gasteiger partial charge in [0.15, 0.2) is 0 Å². The van der Waals surface area contributed by atoms with E-state index in [1.54, 1.807) is 50.0 Å². The number of rotatable bonds is 10. The zero-order valence-electron chi connectivity index (χ0n) is 33.3. The van der Waals surface area contributed by atoms with Gasteiger partial charge in [-0.15, -0.1) is 31.1 Å². The number of fused-ring (bicyclic) bond motifs is 12. The molecule has 0 fully saturated rings. The van der Waals surface area contributed by atoms with Gasteiger partial charge < -0.3 is 0 Å². The average Bonchev–Trinajstić information content (AvgIpc) is 4.10. The number of benzene rings is 7. The number of azo groups is 1. The van der Waals surface area contributed by atoms with Crippen molar-refractivity contribution in [2.24, 2.45) is 10.2 Å². The zero-order chi connectivity index (χ0) is 46.6. The Labute approximate surface area is 377 Å². The summed E-state index contributed by atoms with van der Waals surface area (Å²) in [7, 11) is -19.2. The molecule has 20 nitrogen and oxygen atoms in total. The normalized spacial score (nSPS) is 13.7. The first kappa shape index (κ1) is 41.9. The van der Waals surface area contributed by atoms with Crippen LogP contribution in [0.3, 0.4) is 0 Å². The van der Waals surface area contributed by atoms with Gasteiger partial charge in [-0.25, -0.2) is 0 Å². The van der Waals surface area contributed by atoms with Crippen LogP contribution in [0, 0.1) is 6.92 Å². The Bertz CT molecular complexity index is 4440. The molecule has 0 aliphatic heterocycles. The van der Waals surface area contributed by atoms with Crippen molar-refractivity contribution >= 4 is 120 Å². The van der Waals surface area contributed by atoms with Crippen molar-refractivity contribution in [2.45, 2.75) is 31.4 Å². The maximum atomic E-state index is 12.7. The predicted molar refractivity (Wildman–Crippen MR) is 244 cm³/mol. The third-order valence-electron chi connectivity index (χ3n) is 11.3. The Morgan fingerprint density at radius 3 is 1.76 bits per heavy atom. The highest BCUT2D eigenvalue weighted by atomic mass is 32.2. The van der Waals surface area contributed by atoms with E-state index in [2.05, 4.69) is 22.9 Å². The minimum atomic E-state index is -4.86. The molecule has 4 aromatic heterocycles. The molecule has 0 saturated heterocycles. The van der Waals surface area contributed by atoms with E-state index in [0.29, 0.717) is 39.0 Å². The van der Waals surface area contributed by atoms with E-state index in [1.165, 1.54) is 48.6 Å². The summed E-state index contributed by atoms with van der Waals surface area (Å²) in [6.07, 6.45) is 2.57. The van der Waals surface area contributed by atoms with Crippen molar-refractivity contribution in [3.63, 3.8) is 0 Å². The van der Waals surface area contributed by atoms with Crippen LogP contribution in [-0.4, -0.2) is 80.0 Å². The lowest BCUT2D eigenvalue weighted by molar-refractivity contribution is 0.480. The maximum absolute atomic E-state index is 12.7. The molecular weight excluding hydrogens is 957 g/mol. The lowest BCUT2D eigenvalue weighted by Crippen LogP contribution is -2.04. The minimum absolute atomic E-state index is 0.0237. The first-order valence-electron chi connectivity index (χ1n) is 19.1. The quantitative estimate of drug-likeness (QED) is 0.0383. The van der Waals surface area contributed by atoms with Crippen molar-refractivity contribution in [1.82, 2.24) is 28.1 Å². The smallest absolute Gasteiger partial charge is 0.282 e. The van der Waals surface area contributed by atoms with Crippen molar-refractivity contribution in [2.75, 3.05) is 0 Å². The number of nitrogens with zero attached hydrogens (tertiary/aromatic N) is 8. The second-order valence-corrected chi connectivity index (χ2v) is 21.5. The molecule has 4 heterocycles. The van der Waals surface area contributed by atoms with Gasteiger partial charge in [0.05, 0.1) is 27.6 Å². The van der Waals surface area contributed by atoms with Gasteiger partial charge in [0.2, 0.25) is 0 Å². The minimum Gasteiger partial charge on any atom is -0.282 e. The first-order valence-corrected chi connectivity index (χ1v) is 25.3. The van der Waals surface area contributed by atoms with E-state index in [1.807, 2.05) is 39.6 Å². The van der Waals surface area contributed by atoms with E-state index in [-0.39, 0.29) is 22.2 Å². The van der Waals surface area contributed by atoms with E-state index < -0.39 is 60.1 Å². The molecule has 0 aliphatic rings. The fourth-order valence-electron chi connectivity index (χ4n) is 8.29. The Balaban J connectivity index is 0.874. The Kier molecular flexibility index (Phi) is 8.79. The van der Waals surface area contributed by atoms with Crippen LogP contribution < -0.4 is 0 Å². The van der Waals surface area contributed by atoms with Gasteiger partial charge in [-0.2, -0.15) is 53.5 Å². The summed E-state index contributed by atoms with van der Waals surface area (Å²) < 4.78 is 146. The van der Waals surface area contributed by atoms with Gasteiger partial charge in [0.1, 0.15) is 36.8 Å². The number of hydrogen-bond donors (Lipinski definition) is 5. The van der Waals surface area contributed by atoms with Crippen molar-refractivity contribution in [3.8, 4) is 11.4 Å². The van der Waals surface area contributed by atoms with Crippen LogP contribution in [0.4, 0.5) is 11.4 Å². The molecule has 11 aromatic rings. The Morgan fingerprint density at radius 2 is 1.09 bits per heavy atom. The Hall–Kier alpha value is -6.81. The number of aryl methyl sites for hydroxylation is 1. The standard InChI is InChI=1S/C41H28N8O12S5/c1-22-16-26(8-15-34(22)45-47-36-21-39(66(59,60)61)33-20-30(63(50,51)52)11-13-32(33)41(36)49(45)47)42-43-27-7-4-23(37(18-27)64(53,54)55)2-3-24-5-9-28(19-38(24)65(56,57)58)44-46-35-14-6-25-17-29(62)10-12-31(25)40(35)48(44)46/h2-21,62H,1H3,(H,50,51,52)(H,53,54,55)(H,56,57,58)(H,59,60,61)/b3-2-,43-42?. The molecule has 4 N–H and O–H groups in total. The highest BCUT2D eigenvalue weighted by Gasteiger charge is 2.31. The lowest BCUT2D eigenvalue weighted by atomic mass is 10.1. The van der Waals surface area contributed by atoms with Gasteiger partial charge in [-0.1, -0.05) is 42.5 Å². The SMILES string of the molecule is Cc1cc(N=Nc2ccc(/C=C\c3ccc(-n4n5c6ccc7cc(S)ccc7c6n45)cc3S(=O)(=O)O)c(S(=O)(=O)O)c2)ccc1-n1n2c3cc(S(=O)(=O)O)c4cc(S(=O)(=O)O)ccc4c3n12.